The van der Waals surface area contributed by atoms with Gasteiger partial charge in [0.1, 0.15) is 5.75 Å². The molecule has 5 nitrogen and oxygen atoms in total. The van der Waals surface area contributed by atoms with Crippen molar-refractivity contribution in [1.29, 1.82) is 0 Å². The van der Waals surface area contributed by atoms with Crippen molar-refractivity contribution < 1.29 is 18.9 Å². The fourth-order valence-electron chi connectivity index (χ4n) is 1.94. The number of hydrogen-bond donors (Lipinski definition) is 1. The maximum atomic E-state index is 5.84. The second-order valence-electron chi connectivity index (χ2n) is 5.04. The van der Waals surface area contributed by atoms with E-state index in [4.69, 9.17) is 18.9 Å². The summed E-state index contributed by atoms with van der Waals surface area (Å²) in [5.74, 6) is 2.38. The highest BCUT2D eigenvalue weighted by molar-refractivity contribution is 5.51. The first-order chi connectivity index (χ1) is 9.70. The molecule has 0 bridgehead atoms. The van der Waals surface area contributed by atoms with Gasteiger partial charge in [-0.25, -0.2) is 0 Å². The normalized spacial score (nSPS) is 13.0. The number of ether oxygens (including phenoxy) is 4. The third-order valence-corrected chi connectivity index (χ3v) is 3.01. The van der Waals surface area contributed by atoms with E-state index < -0.39 is 0 Å². The highest BCUT2D eigenvalue weighted by Gasteiger charge is 2.18. The Hall–Kier alpha value is -1.46. The molecule has 5 heteroatoms. The van der Waals surface area contributed by atoms with E-state index in [0.717, 1.165) is 35.8 Å². The Kier molecular flexibility index (Phi) is 5.49. The number of fused-ring (bicyclic) bond motifs is 1. The van der Waals surface area contributed by atoms with E-state index in [-0.39, 0.29) is 6.79 Å². The largest absolute Gasteiger partial charge is 0.493 e. The van der Waals surface area contributed by atoms with Crippen LogP contribution in [0.1, 0.15) is 25.8 Å². The first-order valence-corrected chi connectivity index (χ1v) is 6.98. The molecule has 1 aliphatic heterocycles. The van der Waals surface area contributed by atoms with Gasteiger partial charge >= 0.3 is 0 Å². The third kappa shape index (κ3) is 4.02. The van der Waals surface area contributed by atoms with E-state index in [1.807, 2.05) is 12.1 Å². The van der Waals surface area contributed by atoms with Gasteiger partial charge in [0.25, 0.3) is 0 Å². The van der Waals surface area contributed by atoms with Crippen molar-refractivity contribution in [1.82, 2.24) is 5.32 Å². The minimum atomic E-state index is 0.277. The van der Waals surface area contributed by atoms with Gasteiger partial charge in [-0.15, -0.1) is 0 Å². The summed E-state index contributed by atoms with van der Waals surface area (Å²) < 4.78 is 21.7. The van der Waals surface area contributed by atoms with E-state index in [1.54, 1.807) is 7.11 Å². The summed E-state index contributed by atoms with van der Waals surface area (Å²) in [5.41, 5.74) is 1.08. The summed E-state index contributed by atoms with van der Waals surface area (Å²) >= 11 is 0. The average molecular weight is 281 g/mol. The van der Waals surface area contributed by atoms with E-state index >= 15 is 0 Å². The lowest BCUT2D eigenvalue weighted by Crippen LogP contribution is -2.22. The van der Waals surface area contributed by atoms with Crippen LogP contribution in [0.3, 0.4) is 0 Å². The lowest BCUT2D eigenvalue weighted by Gasteiger charge is -2.14. The molecule has 112 valence electrons. The fraction of sp³-hybridized carbons (Fsp3) is 0.600. The molecule has 0 atom stereocenters. The number of benzene rings is 1. The molecule has 20 heavy (non-hydrogen) atoms. The molecule has 2 rings (SSSR count). The van der Waals surface area contributed by atoms with Crippen LogP contribution < -0.4 is 19.5 Å². The van der Waals surface area contributed by atoms with E-state index in [1.165, 1.54) is 0 Å². The summed E-state index contributed by atoms with van der Waals surface area (Å²) in [6.45, 7) is 6.58. The van der Waals surface area contributed by atoms with Crippen LogP contribution >= 0.6 is 0 Å². The van der Waals surface area contributed by atoms with Crippen molar-refractivity contribution in [2.45, 2.75) is 32.9 Å². The van der Waals surface area contributed by atoms with E-state index in [2.05, 4.69) is 19.2 Å². The topological polar surface area (TPSA) is 49.0 Å². The zero-order chi connectivity index (χ0) is 14.4. The highest BCUT2D eigenvalue weighted by Crippen LogP contribution is 2.38. The van der Waals surface area contributed by atoms with E-state index in [9.17, 15) is 0 Å². The van der Waals surface area contributed by atoms with Gasteiger partial charge in [0, 0.05) is 44.4 Å². The summed E-state index contributed by atoms with van der Waals surface area (Å²) in [5, 5.41) is 3.39. The van der Waals surface area contributed by atoms with Crippen molar-refractivity contribution in [2.24, 2.45) is 0 Å². The number of methoxy groups -OCH3 is 1. The Balaban J connectivity index is 2.05. The zero-order valence-electron chi connectivity index (χ0n) is 12.4. The molecule has 0 aliphatic carbocycles. The van der Waals surface area contributed by atoms with Crippen LogP contribution in [-0.2, 0) is 11.3 Å². The van der Waals surface area contributed by atoms with Gasteiger partial charge in [-0.2, -0.15) is 0 Å². The average Bonchev–Trinajstić information content (AvgIpc) is 2.87. The number of hydrogen-bond acceptors (Lipinski definition) is 5. The second-order valence-corrected chi connectivity index (χ2v) is 5.04. The molecule has 1 aromatic carbocycles. The monoisotopic (exact) mass is 281 g/mol. The van der Waals surface area contributed by atoms with Gasteiger partial charge in [-0.3, -0.25) is 0 Å². The molecule has 0 amide bonds. The lowest BCUT2D eigenvalue weighted by molar-refractivity contribution is 0.170. The minimum Gasteiger partial charge on any atom is -0.493 e. The molecule has 0 saturated heterocycles. The Morgan fingerprint density at radius 1 is 1.20 bits per heavy atom. The van der Waals surface area contributed by atoms with Gasteiger partial charge in [0.05, 0.1) is 6.61 Å². The maximum Gasteiger partial charge on any atom is 0.231 e. The van der Waals surface area contributed by atoms with Crippen molar-refractivity contribution in [3.05, 3.63) is 17.7 Å². The Morgan fingerprint density at radius 3 is 2.65 bits per heavy atom. The molecule has 0 fully saturated rings. The van der Waals surface area contributed by atoms with Crippen LogP contribution in [0.15, 0.2) is 12.1 Å². The van der Waals surface area contributed by atoms with Crippen LogP contribution in [0.2, 0.25) is 0 Å². The van der Waals surface area contributed by atoms with Crippen molar-refractivity contribution in [3.63, 3.8) is 0 Å². The molecule has 1 N–H and O–H groups in total. The zero-order valence-corrected chi connectivity index (χ0v) is 12.4. The predicted molar refractivity (Wildman–Crippen MR) is 76.5 cm³/mol. The SMILES string of the molecule is COCCCOc1cc2c(cc1CNC(C)C)OCO2. The van der Waals surface area contributed by atoms with Crippen molar-refractivity contribution in [2.75, 3.05) is 27.1 Å². The molecule has 1 aromatic rings. The maximum absolute atomic E-state index is 5.84. The highest BCUT2D eigenvalue weighted by atomic mass is 16.7. The molecular weight excluding hydrogens is 258 g/mol. The van der Waals surface area contributed by atoms with Crippen molar-refractivity contribution >= 4 is 0 Å². The quantitative estimate of drug-likeness (QED) is 0.741. The predicted octanol–water partition coefficient (Wildman–Crippen LogP) is 2.33. The Bertz CT molecular complexity index is 434. The summed E-state index contributed by atoms with van der Waals surface area (Å²) in [7, 11) is 1.69. The summed E-state index contributed by atoms with van der Waals surface area (Å²) in [4.78, 5) is 0. The molecular formula is C15H23NO4. The third-order valence-electron chi connectivity index (χ3n) is 3.01. The molecule has 1 heterocycles. The summed E-state index contributed by atoms with van der Waals surface area (Å²) in [6.07, 6.45) is 0.863. The van der Waals surface area contributed by atoms with Crippen LogP contribution in [0.4, 0.5) is 0 Å². The molecule has 1 aliphatic rings. The molecule has 0 radical (unpaired) electrons. The second kappa shape index (κ2) is 7.36. The smallest absolute Gasteiger partial charge is 0.231 e. The fourth-order valence-corrected chi connectivity index (χ4v) is 1.94. The molecule has 0 unspecified atom stereocenters. The standard InChI is InChI=1S/C15H23NO4/c1-11(2)16-9-12-7-14-15(20-10-19-14)8-13(12)18-6-4-5-17-3/h7-8,11,16H,4-6,9-10H2,1-3H3. The van der Waals surface area contributed by atoms with Crippen molar-refractivity contribution in [3.8, 4) is 17.2 Å². The van der Waals surface area contributed by atoms with E-state index in [0.29, 0.717) is 19.3 Å². The molecule has 0 aromatic heterocycles. The Morgan fingerprint density at radius 2 is 1.95 bits per heavy atom. The van der Waals surface area contributed by atoms with Crippen LogP contribution in [0, 0.1) is 0 Å². The Labute approximate surface area is 120 Å². The van der Waals surface area contributed by atoms with Crippen LogP contribution in [0.5, 0.6) is 17.2 Å². The van der Waals surface area contributed by atoms with Gasteiger partial charge in [0.15, 0.2) is 11.5 Å². The van der Waals surface area contributed by atoms with Crippen LogP contribution in [-0.4, -0.2) is 33.2 Å². The first-order valence-electron chi connectivity index (χ1n) is 6.98. The van der Waals surface area contributed by atoms with Gasteiger partial charge < -0.3 is 24.3 Å². The lowest BCUT2D eigenvalue weighted by atomic mass is 10.1. The van der Waals surface area contributed by atoms with Gasteiger partial charge in [0.2, 0.25) is 6.79 Å². The summed E-state index contributed by atoms with van der Waals surface area (Å²) in [6, 6.07) is 4.32. The van der Waals surface area contributed by atoms with Gasteiger partial charge in [-0.1, -0.05) is 13.8 Å². The van der Waals surface area contributed by atoms with Crippen LogP contribution in [0.25, 0.3) is 0 Å². The van der Waals surface area contributed by atoms with Gasteiger partial charge in [-0.05, 0) is 6.07 Å². The first kappa shape index (κ1) is 14.9. The number of rotatable bonds is 8. The number of nitrogens with one attached hydrogen (secondary N) is 1. The minimum absolute atomic E-state index is 0.277. The molecule has 0 saturated carbocycles. The molecule has 0 spiro atoms.